The molecule has 0 spiro atoms. The second-order valence-corrected chi connectivity index (χ2v) is 6.63. The minimum atomic E-state index is 0.356. The van der Waals surface area contributed by atoms with Crippen molar-refractivity contribution in [1.29, 1.82) is 0 Å². The van der Waals surface area contributed by atoms with E-state index in [-0.39, 0.29) is 0 Å². The first-order valence-electron chi connectivity index (χ1n) is 9.76. The van der Waals surface area contributed by atoms with Crippen LogP contribution in [0.25, 0.3) is 0 Å². The molecule has 150 valence electrons. The van der Waals surface area contributed by atoms with Crippen LogP contribution in [0.4, 0.5) is 5.69 Å². The highest BCUT2D eigenvalue weighted by Gasteiger charge is 2.20. The summed E-state index contributed by atoms with van der Waals surface area (Å²) in [5.74, 6) is 3.02. The molecule has 2 aromatic carbocycles. The van der Waals surface area contributed by atoms with Crippen LogP contribution in [0.15, 0.2) is 47.5 Å². The maximum Gasteiger partial charge on any atom is 0.195 e. The Bertz CT molecular complexity index is 803. The van der Waals surface area contributed by atoms with Gasteiger partial charge >= 0.3 is 0 Å². The van der Waals surface area contributed by atoms with Crippen molar-refractivity contribution in [2.75, 3.05) is 26.1 Å². The summed E-state index contributed by atoms with van der Waals surface area (Å²) in [6.07, 6.45) is 3.90. The second kappa shape index (κ2) is 9.88. The normalized spacial score (nSPS) is 14.2. The molecular weight excluding hydrogens is 354 g/mol. The minimum Gasteiger partial charge on any atom is -0.493 e. The van der Waals surface area contributed by atoms with Crippen molar-refractivity contribution in [3.63, 3.8) is 0 Å². The highest BCUT2D eigenvalue weighted by atomic mass is 16.5. The topological polar surface area (TPSA) is 64.1 Å². The van der Waals surface area contributed by atoms with E-state index in [1.807, 2.05) is 43.3 Å². The molecule has 2 N–H and O–H groups in total. The van der Waals surface area contributed by atoms with E-state index in [9.17, 15) is 0 Å². The van der Waals surface area contributed by atoms with Gasteiger partial charge in [0.25, 0.3) is 0 Å². The molecule has 0 heterocycles. The molecule has 0 unspecified atom stereocenters. The highest BCUT2D eigenvalue weighted by Crippen LogP contribution is 2.30. The van der Waals surface area contributed by atoms with Crippen LogP contribution in [0.3, 0.4) is 0 Å². The van der Waals surface area contributed by atoms with Gasteiger partial charge in [0.2, 0.25) is 0 Å². The van der Waals surface area contributed by atoms with E-state index in [2.05, 4.69) is 21.7 Å². The number of anilines is 1. The fraction of sp³-hybridized carbons (Fsp3) is 0.409. The van der Waals surface area contributed by atoms with Crippen LogP contribution in [0.2, 0.25) is 0 Å². The van der Waals surface area contributed by atoms with Gasteiger partial charge in [-0.1, -0.05) is 18.2 Å². The summed E-state index contributed by atoms with van der Waals surface area (Å²) in [6, 6.07) is 13.9. The van der Waals surface area contributed by atoms with E-state index >= 15 is 0 Å². The van der Waals surface area contributed by atoms with Crippen molar-refractivity contribution >= 4 is 11.6 Å². The van der Waals surface area contributed by atoms with Gasteiger partial charge in [0.05, 0.1) is 19.8 Å². The minimum absolute atomic E-state index is 0.356. The monoisotopic (exact) mass is 383 g/mol. The molecular formula is C22H29N3O3. The van der Waals surface area contributed by atoms with Crippen molar-refractivity contribution in [3.8, 4) is 17.2 Å². The number of rotatable bonds is 8. The van der Waals surface area contributed by atoms with Gasteiger partial charge in [0.1, 0.15) is 5.75 Å². The van der Waals surface area contributed by atoms with E-state index in [0.29, 0.717) is 31.0 Å². The zero-order valence-corrected chi connectivity index (χ0v) is 16.8. The van der Waals surface area contributed by atoms with Gasteiger partial charge < -0.3 is 24.8 Å². The lowest BCUT2D eigenvalue weighted by atomic mass is 9.96. The molecule has 0 radical (unpaired) electrons. The van der Waals surface area contributed by atoms with Gasteiger partial charge in [-0.2, -0.15) is 0 Å². The Kier molecular flexibility index (Phi) is 7.00. The summed E-state index contributed by atoms with van der Waals surface area (Å²) >= 11 is 0. The summed E-state index contributed by atoms with van der Waals surface area (Å²) in [5, 5.41) is 6.64. The molecule has 1 fully saturated rings. The zero-order valence-electron chi connectivity index (χ0n) is 16.8. The van der Waals surface area contributed by atoms with Gasteiger partial charge in [-0.3, -0.25) is 4.99 Å². The van der Waals surface area contributed by atoms with Crippen LogP contribution < -0.4 is 24.8 Å². The van der Waals surface area contributed by atoms with Gasteiger partial charge in [-0.25, -0.2) is 0 Å². The number of hydrogen-bond donors (Lipinski definition) is 2. The Hall–Kier alpha value is -2.89. The first-order chi connectivity index (χ1) is 13.7. The molecule has 6 heteroatoms. The number of ether oxygens (including phenoxy) is 3. The Balaban J connectivity index is 1.62. The number of aliphatic imine (C=N–C) groups is 1. The molecule has 0 aromatic heterocycles. The molecule has 0 aliphatic heterocycles. The molecule has 2 aromatic rings. The fourth-order valence-corrected chi connectivity index (χ4v) is 2.95. The van der Waals surface area contributed by atoms with Gasteiger partial charge in [0, 0.05) is 30.9 Å². The average Bonchev–Trinajstić information content (AvgIpc) is 2.69. The Morgan fingerprint density at radius 3 is 2.61 bits per heavy atom. The quantitative estimate of drug-likeness (QED) is 0.528. The van der Waals surface area contributed by atoms with E-state index < -0.39 is 0 Å². The van der Waals surface area contributed by atoms with Crippen LogP contribution in [-0.2, 0) is 6.54 Å². The number of nitrogens with one attached hydrogen (secondary N) is 2. The molecule has 28 heavy (non-hydrogen) atoms. The Labute approximate surface area is 166 Å². The van der Waals surface area contributed by atoms with Crippen molar-refractivity contribution < 1.29 is 14.2 Å². The van der Waals surface area contributed by atoms with Crippen LogP contribution in [0.1, 0.15) is 31.7 Å². The number of benzene rings is 2. The standard InChI is InChI=1S/C22H29N3O3/c1-4-27-20-13-12-17(14-21(20)26-3)25-22(23-2)24-15-16-8-5-6-11-19(16)28-18-9-7-10-18/h5-6,8,11-14,18H,4,7,9-10,15H2,1-3H3,(H2,23,24,25). The fourth-order valence-electron chi connectivity index (χ4n) is 2.95. The largest absolute Gasteiger partial charge is 0.493 e. The summed E-state index contributed by atoms with van der Waals surface area (Å²) in [4.78, 5) is 4.31. The van der Waals surface area contributed by atoms with Crippen LogP contribution in [0, 0.1) is 0 Å². The lowest BCUT2D eigenvalue weighted by Gasteiger charge is -2.27. The highest BCUT2D eigenvalue weighted by molar-refractivity contribution is 5.93. The molecule has 0 saturated heterocycles. The molecule has 3 rings (SSSR count). The van der Waals surface area contributed by atoms with Gasteiger partial charge in [-0.05, 0) is 44.4 Å². The molecule has 1 aliphatic carbocycles. The molecule has 1 aliphatic rings. The number of guanidine groups is 1. The van der Waals surface area contributed by atoms with Crippen molar-refractivity contribution in [3.05, 3.63) is 48.0 Å². The maximum atomic E-state index is 6.10. The van der Waals surface area contributed by atoms with Crippen LogP contribution >= 0.6 is 0 Å². The molecule has 1 saturated carbocycles. The summed E-state index contributed by atoms with van der Waals surface area (Å²) in [6.45, 7) is 3.16. The molecule has 6 nitrogen and oxygen atoms in total. The van der Waals surface area contributed by atoms with Crippen molar-refractivity contribution in [2.24, 2.45) is 4.99 Å². The summed E-state index contributed by atoms with van der Waals surface area (Å²) < 4.78 is 17.1. The summed E-state index contributed by atoms with van der Waals surface area (Å²) in [7, 11) is 3.38. The van der Waals surface area contributed by atoms with Crippen LogP contribution in [-0.4, -0.2) is 32.8 Å². The number of para-hydroxylation sites is 1. The number of nitrogens with zero attached hydrogens (tertiary/aromatic N) is 1. The van der Waals surface area contributed by atoms with E-state index in [0.717, 1.165) is 35.6 Å². The van der Waals surface area contributed by atoms with Gasteiger partial charge in [0.15, 0.2) is 17.5 Å². The number of hydrogen-bond acceptors (Lipinski definition) is 4. The average molecular weight is 383 g/mol. The Morgan fingerprint density at radius 2 is 1.93 bits per heavy atom. The van der Waals surface area contributed by atoms with Crippen molar-refractivity contribution in [2.45, 2.75) is 38.8 Å². The predicted octanol–water partition coefficient (Wildman–Crippen LogP) is 4.21. The first kappa shape index (κ1) is 19.9. The first-order valence-corrected chi connectivity index (χ1v) is 9.76. The molecule has 0 bridgehead atoms. The lowest BCUT2D eigenvalue weighted by molar-refractivity contribution is 0.119. The lowest BCUT2D eigenvalue weighted by Crippen LogP contribution is -2.31. The molecule has 0 atom stereocenters. The summed E-state index contributed by atoms with van der Waals surface area (Å²) in [5.41, 5.74) is 1.98. The smallest absolute Gasteiger partial charge is 0.195 e. The van der Waals surface area contributed by atoms with E-state index in [1.165, 1.54) is 6.42 Å². The van der Waals surface area contributed by atoms with Crippen LogP contribution in [0.5, 0.6) is 17.2 Å². The third-order valence-electron chi connectivity index (χ3n) is 4.71. The second-order valence-electron chi connectivity index (χ2n) is 6.63. The zero-order chi connectivity index (χ0) is 19.8. The Morgan fingerprint density at radius 1 is 1.11 bits per heavy atom. The van der Waals surface area contributed by atoms with E-state index in [4.69, 9.17) is 14.2 Å². The predicted molar refractivity (Wildman–Crippen MR) is 113 cm³/mol. The van der Waals surface area contributed by atoms with Gasteiger partial charge in [-0.15, -0.1) is 0 Å². The maximum absolute atomic E-state index is 6.10. The van der Waals surface area contributed by atoms with Crippen molar-refractivity contribution in [1.82, 2.24) is 5.32 Å². The SMILES string of the molecule is CCOc1ccc(NC(=NC)NCc2ccccc2OC2CCC2)cc1OC. The van der Waals surface area contributed by atoms with E-state index in [1.54, 1.807) is 14.2 Å². The number of methoxy groups -OCH3 is 1. The molecule has 0 amide bonds. The third-order valence-corrected chi connectivity index (χ3v) is 4.71. The third kappa shape index (κ3) is 5.09.